The van der Waals surface area contributed by atoms with E-state index in [4.69, 9.17) is 0 Å². The Labute approximate surface area is 165 Å². The number of piperidine rings is 1. The van der Waals surface area contributed by atoms with E-state index in [1.54, 1.807) is 0 Å². The van der Waals surface area contributed by atoms with Crippen molar-refractivity contribution in [2.24, 2.45) is 5.92 Å². The zero-order valence-electron chi connectivity index (χ0n) is 16.3. The Morgan fingerprint density at radius 2 is 1.57 bits per heavy atom. The number of hydrogen-bond donors (Lipinski definition) is 0. The van der Waals surface area contributed by atoms with Gasteiger partial charge in [0.25, 0.3) is 0 Å². The van der Waals surface area contributed by atoms with Crippen LogP contribution in [0.2, 0.25) is 0 Å². The van der Waals surface area contributed by atoms with Crippen LogP contribution in [0.4, 0.5) is 8.78 Å². The summed E-state index contributed by atoms with van der Waals surface area (Å²) in [6.07, 6.45) is 2.00. The van der Waals surface area contributed by atoms with E-state index in [1.165, 1.54) is 0 Å². The number of nitrogens with zero attached hydrogens (tertiary/aromatic N) is 3. The number of carbonyl (C=O) groups excluding carboxylic acids is 1. The minimum atomic E-state index is -4.26. The van der Waals surface area contributed by atoms with Crippen molar-refractivity contribution in [3.63, 3.8) is 0 Å². The molecule has 156 valence electrons. The van der Waals surface area contributed by atoms with Crippen LogP contribution in [-0.2, 0) is 14.8 Å². The SMILES string of the molecule is CC1CCN(C(=O)C(C)N2CCN(S(=O)(=O)c3c(F)cccc3F)CC2)CC1. The third-order valence-corrected chi connectivity index (χ3v) is 7.74. The van der Waals surface area contributed by atoms with E-state index in [9.17, 15) is 22.0 Å². The Morgan fingerprint density at radius 1 is 1.04 bits per heavy atom. The summed E-state index contributed by atoms with van der Waals surface area (Å²) in [5, 5.41) is 0. The van der Waals surface area contributed by atoms with Gasteiger partial charge in [-0.1, -0.05) is 13.0 Å². The van der Waals surface area contributed by atoms with Gasteiger partial charge in [-0.05, 0) is 37.8 Å². The highest BCUT2D eigenvalue weighted by Crippen LogP contribution is 2.24. The average molecular weight is 416 g/mol. The predicted molar refractivity (Wildman–Crippen MR) is 101 cm³/mol. The number of benzene rings is 1. The number of amides is 1. The fraction of sp³-hybridized carbons (Fsp3) is 0.632. The van der Waals surface area contributed by atoms with Crippen LogP contribution in [0.25, 0.3) is 0 Å². The van der Waals surface area contributed by atoms with Crippen molar-refractivity contribution in [2.75, 3.05) is 39.3 Å². The van der Waals surface area contributed by atoms with Crippen LogP contribution in [0.15, 0.2) is 23.1 Å². The fourth-order valence-electron chi connectivity index (χ4n) is 3.84. The molecule has 1 aromatic carbocycles. The molecule has 0 aliphatic carbocycles. The molecule has 1 amide bonds. The molecule has 0 aromatic heterocycles. The Bertz CT molecular complexity index is 797. The summed E-state index contributed by atoms with van der Waals surface area (Å²) >= 11 is 0. The second-order valence-electron chi connectivity index (χ2n) is 7.67. The quantitative estimate of drug-likeness (QED) is 0.754. The number of sulfonamides is 1. The van der Waals surface area contributed by atoms with Gasteiger partial charge in [-0.25, -0.2) is 17.2 Å². The van der Waals surface area contributed by atoms with Gasteiger partial charge < -0.3 is 4.90 Å². The molecule has 2 aliphatic heterocycles. The Hall–Kier alpha value is -1.58. The van der Waals surface area contributed by atoms with Gasteiger partial charge in [0.15, 0.2) is 4.90 Å². The zero-order valence-corrected chi connectivity index (χ0v) is 17.1. The summed E-state index contributed by atoms with van der Waals surface area (Å²) in [4.78, 5) is 15.7. The summed E-state index contributed by atoms with van der Waals surface area (Å²) in [5.74, 6) is -1.49. The lowest BCUT2D eigenvalue weighted by Crippen LogP contribution is -2.56. The lowest BCUT2D eigenvalue weighted by atomic mass is 9.98. The van der Waals surface area contributed by atoms with Gasteiger partial charge in [-0.15, -0.1) is 0 Å². The molecule has 2 saturated heterocycles. The normalized spacial score (nSPS) is 21.6. The molecule has 0 spiro atoms. The van der Waals surface area contributed by atoms with Crippen LogP contribution < -0.4 is 0 Å². The highest BCUT2D eigenvalue weighted by molar-refractivity contribution is 7.89. The average Bonchev–Trinajstić information content (AvgIpc) is 2.67. The van der Waals surface area contributed by atoms with Crippen LogP contribution in [0.5, 0.6) is 0 Å². The maximum Gasteiger partial charge on any atom is 0.249 e. The van der Waals surface area contributed by atoms with Crippen LogP contribution >= 0.6 is 0 Å². The minimum absolute atomic E-state index is 0.0587. The molecule has 2 fully saturated rings. The molecule has 0 radical (unpaired) electrons. The van der Waals surface area contributed by atoms with Gasteiger partial charge in [0, 0.05) is 39.3 Å². The second kappa shape index (κ2) is 8.42. The molecule has 0 N–H and O–H groups in total. The van der Waals surface area contributed by atoms with Gasteiger partial charge >= 0.3 is 0 Å². The maximum atomic E-state index is 13.9. The second-order valence-corrected chi connectivity index (χ2v) is 9.55. The van der Waals surface area contributed by atoms with Gasteiger partial charge in [-0.2, -0.15) is 4.31 Å². The lowest BCUT2D eigenvalue weighted by Gasteiger charge is -2.39. The van der Waals surface area contributed by atoms with Crippen LogP contribution in [0.3, 0.4) is 0 Å². The Kier molecular flexibility index (Phi) is 6.36. The van der Waals surface area contributed by atoms with Crippen molar-refractivity contribution in [1.29, 1.82) is 0 Å². The first-order valence-electron chi connectivity index (χ1n) is 9.69. The number of carbonyl (C=O) groups is 1. The van der Waals surface area contributed by atoms with Crippen molar-refractivity contribution < 1.29 is 22.0 Å². The molecule has 9 heteroatoms. The highest BCUT2D eigenvalue weighted by atomic mass is 32.2. The maximum absolute atomic E-state index is 13.9. The molecular formula is C19H27F2N3O3S. The predicted octanol–water partition coefficient (Wildman–Crippen LogP) is 1.92. The van der Waals surface area contributed by atoms with Crippen LogP contribution in [0.1, 0.15) is 26.7 Å². The molecule has 6 nitrogen and oxygen atoms in total. The highest BCUT2D eigenvalue weighted by Gasteiger charge is 2.36. The van der Waals surface area contributed by atoms with E-state index in [0.29, 0.717) is 19.0 Å². The Morgan fingerprint density at radius 3 is 2.11 bits per heavy atom. The Balaban J connectivity index is 1.63. The molecule has 0 bridgehead atoms. The molecule has 28 heavy (non-hydrogen) atoms. The van der Waals surface area contributed by atoms with Crippen molar-refractivity contribution >= 4 is 15.9 Å². The molecule has 0 saturated carbocycles. The largest absolute Gasteiger partial charge is 0.341 e. The molecule has 3 rings (SSSR count). The zero-order chi connectivity index (χ0) is 20.5. The van der Waals surface area contributed by atoms with E-state index in [2.05, 4.69) is 6.92 Å². The number of likely N-dealkylation sites (tertiary alicyclic amines) is 1. The molecule has 1 atom stereocenters. The van der Waals surface area contributed by atoms with E-state index < -0.39 is 26.6 Å². The van der Waals surface area contributed by atoms with Crippen molar-refractivity contribution in [2.45, 2.75) is 37.6 Å². The van der Waals surface area contributed by atoms with E-state index >= 15 is 0 Å². The molecule has 2 heterocycles. The summed E-state index contributed by atoms with van der Waals surface area (Å²) in [7, 11) is -4.26. The van der Waals surface area contributed by atoms with Crippen molar-refractivity contribution in [3.05, 3.63) is 29.8 Å². The van der Waals surface area contributed by atoms with E-state index in [-0.39, 0.29) is 25.0 Å². The number of halogens is 2. The van der Waals surface area contributed by atoms with Crippen LogP contribution in [0, 0.1) is 17.6 Å². The molecule has 1 unspecified atom stereocenters. The lowest BCUT2D eigenvalue weighted by molar-refractivity contribution is -0.138. The molecule has 2 aliphatic rings. The first-order valence-corrected chi connectivity index (χ1v) is 11.1. The molecular weight excluding hydrogens is 388 g/mol. The van der Waals surface area contributed by atoms with Crippen LogP contribution in [-0.4, -0.2) is 73.7 Å². The fourth-order valence-corrected chi connectivity index (χ4v) is 5.37. The van der Waals surface area contributed by atoms with Crippen molar-refractivity contribution in [1.82, 2.24) is 14.1 Å². The first kappa shape index (κ1) is 21.1. The standard InChI is InChI=1S/C19H27F2N3O3S/c1-14-6-8-23(9-7-14)19(25)15(2)22-10-12-24(13-11-22)28(26,27)18-16(20)4-3-5-17(18)21/h3-5,14-15H,6-13H2,1-2H3. The summed E-state index contributed by atoms with van der Waals surface area (Å²) < 4.78 is 54.3. The first-order chi connectivity index (χ1) is 13.2. The van der Waals surface area contributed by atoms with Gasteiger partial charge in [0.1, 0.15) is 11.6 Å². The third-order valence-electron chi connectivity index (χ3n) is 5.79. The van der Waals surface area contributed by atoms with E-state index in [0.717, 1.165) is 48.4 Å². The topological polar surface area (TPSA) is 60.9 Å². The van der Waals surface area contributed by atoms with Gasteiger partial charge in [0.2, 0.25) is 15.9 Å². The number of hydrogen-bond acceptors (Lipinski definition) is 4. The summed E-state index contributed by atoms with van der Waals surface area (Å²) in [6.45, 7) is 6.38. The number of rotatable bonds is 4. The summed E-state index contributed by atoms with van der Waals surface area (Å²) in [6, 6.07) is 2.67. The van der Waals surface area contributed by atoms with Gasteiger partial charge in [-0.3, -0.25) is 9.69 Å². The smallest absolute Gasteiger partial charge is 0.249 e. The monoisotopic (exact) mass is 415 g/mol. The number of piperazine rings is 1. The summed E-state index contributed by atoms with van der Waals surface area (Å²) in [5.41, 5.74) is 0. The molecule has 1 aromatic rings. The van der Waals surface area contributed by atoms with Gasteiger partial charge in [0.05, 0.1) is 6.04 Å². The minimum Gasteiger partial charge on any atom is -0.341 e. The third kappa shape index (κ3) is 4.21. The van der Waals surface area contributed by atoms with E-state index in [1.807, 2.05) is 16.7 Å². The van der Waals surface area contributed by atoms with Crippen molar-refractivity contribution in [3.8, 4) is 0 Å².